The second-order valence-electron chi connectivity index (χ2n) is 9.99. The molecule has 0 heterocycles. The first-order chi connectivity index (χ1) is 19.0. The lowest BCUT2D eigenvalue weighted by Gasteiger charge is -2.34. The maximum Gasteiger partial charge on any atom is 0.264 e. The molecule has 9 heteroatoms. The van der Waals surface area contributed by atoms with Crippen molar-refractivity contribution >= 4 is 39.1 Å². The van der Waals surface area contributed by atoms with Crippen molar-refractivity contribution in [3.63, 3.8) is 0 Å². The number of sulfonamides is 1. The Morgan fingerprint density at radius 3 is 2.20 bits per heavy atom. The molecule has 2 amide bonds. The summed E-state index contributed by atoms with van der Waals surface area (Å²) in [7, 11) is -4.15. The van der Waals surface area contributed by atoms with E-state index < -0.39 is 28.5 Å². The predicted octanol–water partition coefficient (Wildman–Crippen LogP) is 5.87. The van der Waals surface area contributed by atoms with Gasteiger partial charge in [0.25, 0.3) is 10.0 Å². The van der Waals surface area contributed by atoms with Crippen LogP contribution in [0, 0.1) is 13.8 Å². The van der Waals surface area contributed by atoms with Crippen LogP contribution >= 0.6 is 11.6 Å². The molecule has 3 aromatic rings. The molecule has 0 fully saturated rings. The molecule has 0 spiro atoms. The molecule has 3 rings (SSSR count). The standard InChI is InChI=1S/C31H38ClN3O4S/c1-6-24(5)33-31(37)29(7-2)34(20-25-12-9-8-11-23(25)4)30(36)21-35(27-14-10-13-26(32)19-27)40(38,39)28-17-15-22(3)16-18-28/h8-19,24,29H,6-7,20-21H2,1-5H3,(H,33,37)/t24-,29-/m1/s1. The Bertz CT molecular complexity index is 1430. The van der Waals surface area contributed by atoms with Gasteiger partial charge in [0.05, 0.1) is 10.6 Å². The average molecular weight is 584 g/mol. The Morgan fingerprint density at radius 2 is 1.60 bits per heavy atom. The number of benzene rings is 3. The van der Waals surface area contributed by atoms with Crippen LogP contribution in [0.25, 0.3) is 0 Å². The van der Waals surface area contributed by atoms with E-state index in [-0.39, 0.29) is 29.1 Å². The quantitative estimate of drug-likeness (QED) is 0.289. The average Bonchev–Trinajstić information content (AvgIpc) is 2.92. The molecule has 0 aliphatic rings. The molecule has 0 radical (unpaired) electrons. The van der Waals surface area contributed by atoms with Crippen molar-refractivity contribution < 1.29 is 18.0 Å². The number of aryl methyl sites for hydroxylation is 2. The van der Waals surface area contributed by atoms with Crippen LogP contribution in [0.5, 0.6) is 0 Å². The first-order valence-electron chi connectivity index (χ1n) is 13.5. The third kappa shape index (κ3) is 7.64. The van der Waals surface area contributed by atoms with E-state index in [0.29, 0.717) is 11.4 Å². The Labute approximate surface area is 243 Å². The van der Waals surface area contributed by atoms with Crippen LogP contribution in [-0.2, 0) is 26.2 Å². The molecule has 7 nitrogen and oxygen atoms in total. The zero-order chi connectivity index (χ0) is 29.4. The SMILES string of the molecule is CC[C@@H](C)NC(=O)[C@@H](CC)N(Cc1ccccc1C)C(=O)CN(c1cccc(Cl)c1)S(=O)(=O)c1ccc(C)cc1. The second kappa shape index (κ2) is 13.8. The van der Waals surface area contributed by atoms with Gasteiger partial charge < -0.3 is 10.2 Å². The summed E-state index contributed by atoms with van der Waals surface area (Å²) in [4.78, 5) is 29.0. The van der Waals surface area contributed by atoms with E-state index in [1.165, 1.54) is 23.1 Å². The van der Waals surface area contributed by atoms with E-state index >= 15 is 0 Å². The monoisotopic (exact) mass is 583 g/mol. The van der Waals surface area contributed by atoms with E-state index in [4.69, 9.17) is 11.6 Å². The van der Waals surface area contributed by atoms with E-state index in [9.17, 15) is 18.0 Å². The Hall–Kier alpha value is -3.36. The minimum atomic E-state index is -4.15. The van der Waals surface area contributed by atoms with Crippen LogP contribution in [0.2, 0.25) is 5.02 Å². The van der Waals surface area contributed by atoms with Crippen LogP contribution in [0.15, 0.2) is 77.7 Å². The van der Waals surface area contributed by atoms with Crippen molar-refractivity contribution in [1.82, 2.24) is 10.2 Å². The fraction of sp³-hybridized carbons (Fsp3) is 0.355. The molecule has 40 heavy (non-hydrogen) atoms. The molecule has 3 aromatic carbocycles. The molecule has 0 saturated carbocycles. The number of amides is 2. The Morgan fingerprint density at radius 1 is 0.925 bits per heavy atom. The smallest absolute Gasteiger partial charge is 0.264 e. The number of carbonyl (C=O) groups is 2. The number of hydrogen-bond acceptors (Lipinski definition) is 4. The minimum Gasteiger partial charge on any atom is -0.352 e. The molecule has 0 unspecified atom stereocenters. The van der Waals surface area contributed by atoms with Gasteiger partial charge in [0, 0.05) is 17.6 Å². The first-order valence-corrected chi connectivity index (χ1v) is 15.3. The van der Waals surface area contributed by atoms with Gasteiger partial charge in [-0.15, -0.1) is 0 Å². The lowest BCUT2D eigenvalue weighted by molar-refractivity contribution is -0.140. The van der Waals surface area contributed by atoms with E-state index in [2.05, 4.69) is 5.32 Å². The van der Waals surface area contributed by atoms with Crippen LogP contribution < -0.4 is 9.62 Å². The highest BCUT2D eigenvalue weighted by atomic mass is 35.5. The van der Waals surface area contributed by atoms with Gasteiger partial charge in [-0.25, -0.2) is 8.42 Å². The fourth-order valence-corrected chi connectivity index (χ4v) is 5.92. The maximum absolute atomic E-state index is 14.1. The van der Waals surface area contributed by atoms with E-state index in [1.807, 2.05) is 58.9 Å². The number of carbonyl (C=O) groups excluding carboxylic acids is 2. The largest absolute Gasteiger partial charge is 0.352 e. The summed E-state index contributed by atoms with van der Waals surface area (Å²) < 4.78 is 28.9. The third-order valence-electron chi connectivity index (χ3n) is 6.97. The van der Waals surface area contributed by atoms with Gasteiger partial charge in [-0.3, -0.25) is 13.9 Å². The van der Waals surface area contributed by atoms with Crippen molar-refractivity contribution in [2.75, 3.05) is 10.8 Å². The molecule has 0 saturated heterocycles. The summed E-state index contributed by atoms with van der Waals surface area (Å²) in [6, 6.07) is 19.6. The summed E-state index contributed by atoms with van der Waals surface area (Å²) >= 11 is 6.24. The van der Waals surface area contributed by atoms with Gasteiger partial charge in [-0.05, 0) is 75.1 Å². The number of anilines is 1. The van der Waals surface area contributed by atoms with Gasteiger partial charge in [0.2, 0.25) is 11.8 Å². The summed E-state index contributed by atoms with van der Waals surface area (Å²) in [5.74, 6) is -0.764. The molecule has 0 aromatic heterocycles. The predicted molar refractivity (Wildman–Crippen MR) is 161 cm³/mol. The van der Waals surface area contributed by atoms with Gasteiger partial charge in [-0.2, -0.15) is 0 Å². The van der Waals surface area contributed by atoms with Gasteiger partial charge in [-0.1, -0.05) is 73.5 Å². The second-order valence-corrected chi connectivity index (χ2v) is 12.3. The van der Waals surface area contributed by atoms with Crippen LogP contribution in [0.3, 0.4) is 0 Å². The molecule has 1 N–H and O–H groups in total. The summed E-state index contributed by atoms with van der Waals surface area (Å²) in [6.07, 6.45) is 1.10. The number of hydrogen-bond donors (Lipinski definition) is 1. The molecular formula is C31H38ClN3O4S. The van der Waals surface area contributed by atoms with Gasteiger partial charge in [0.15, 0.2) is 0 Å². The highest BCUT2D eigenvalue weighted by Crippen LogP contribution is 2.27. The van der Waals surface area contributed by atoms with E-state index in [1.54, 1.807) is 30.3 Å². The van der Waals surface area contributed by atoms with Gasteiger partial charge in [0.1, 0.15) is 12.6 Å². The number of nitrogens with zero attached hydrogens (tertiary/aromatic N) is 2. The van der Waals surface area contributed by atoms with Crippen molar-refractivity contribution in [3.05, 3.63) is 94.5 Å². The summed E-state index contributed by atoms with van der Waals surface area (Å²) in [6.45, 7) is 9.19. The lowest BCUT2D eigenvalue weighted by Crippen LogP contribution is -2.53. The van der Waals surface area contributed by atoms with Gasteiger partial charge >= 0.3 is 0 Å². The number of halogens is 1. The molecule has 214 valence electrons. The lowest BCUT2D eigenvalue weighted by atomic mass is 10.1. The maximum atomic E-state index is 14.1. The van der Waals surface area contributed by atoms with Crippen molar-refractivity contribution in [1.29, 1.82) is 0 Å². The zero-order valence-corrected chi connectivity index (χ0v) is 25.3. The topological polar surface area (TPSA) is 86.8 Å². The molecule has 0 bridgehead atoms. The van der Waals surface area contributed by atoms with Crippen LogP contribution in [0.4, 0.5) is 5.69 Å². The summed E-state index contributed by atoms with van der Waals surface area (Å²) in [5, 5.41) is 3.33. The highest BCUT2D eigenvalue weighted by Gasteiger charge is 2.34. The number of nitrogens with one attached hydrogen (secondary N) is 1. The number of rotatable bonds is 12. The third-order valence-corrected chi connectivity index (χ3v) is 9.00. The molecule has 0 aliphatic carbocycles. The minimum absolute atomic E-state index is 0.0536. The van der Waals surface area contributed by atoms with Crippen molar-refractivity contribution in [3.8, 4) is 0 Å². The highest BCUT2D eigenvalue weighted by molar-refractivity contribution is 7.92. The van der Waals surface area contributed by atoms with E-state index in [0.717, 1.165) is 27.4 Å². The zero-order valence-electron chi connectivity index (χ0n) is 23.7. The summed E-state index contributed by atoms with van der Waals surface area (Å²) in [5.41, 5.74) is 3.01. The van der Waals surface area contributed by atoms with Crippen molar-refractivity contribution in [2.45, 2.75) is 71.0 Å². The molecule has 0 aliphatic heterocycles. The van der Waals surface area contributed by atoms with Crippen molar-refractivity contribution in [2.24, 2.45) is 0 Å². The molecular weight excluding hydrogens is 546 g/mol. The first kappa shape index (κ1) is 31.2. The molecule has 2 atom stereocenters. The Kier molecular flexibility index (Phi) is 10.8. The van der Waals surface area contributed by atoms with Crippen LogP contribution in [0.1, 0.15) is 50.3 Å². The van der Waals surface area contributed by atoms with Crippen LogP contribution in [-0.4, -0.2) is 43.8 Å². The fourth-order valence-electron chi connectivity index (χ4n) is 4.33. The Balaban J connectivity index is 2.07. The normalized spacial score (nSPS) is 12.8.